The van der Waals surface area contributed by atoms with Gasteiger partial charge in [0, 0.05) is 23.3 Å². The third-order valence-electron chi connectivity index (χ3n) is 5.39. The van der Waals surface area contributed by atoms with Crippen molar-refractivity contribution in [2.75, 3.05) is 0 Å². The molecule has 0 radical (unpaired) electrons. The molecule has 1 aliphatic heterocycles. The topological polar surface area (TPSA) is 56.3 Å². The van der Waals surface area contributed by atoms with Crippen LogP contribution in [0.5, 0.6) is 5.75 Å². The zero-order valence-electron chi connectivity index (χ0n) is 15.2. The van der Waals surface area contributed by atoms with Crippen molar-refractivity contribution in [1.29, 1.82) is 0 Å². The Morgan fingerprint density at radius 3 is 2.55 bits per heavy atom. The number of hydrogen-bond acceptors (Lipinski definition) is 2. The van der Waals surface area contributed by atoms with Gasteiger partial charge in [0.05, 0.1) is 5.56 Å². The summed E-state index contributed by atoms with van der Waals surface area (Å²) in [6.45, 7) is 0.227. The Morgan fingerprint density at radius 2 is 1.76 bits per heavy atom. The minimum absolute atomic E-state index is 0.227. The van der Waals surface area contributed by atoms with E-state index in [0.717, 1.165) is 28.6 Å². The van der Waals surface area contributed by atoms with Gasteiger partial charge in [0.1, 0.15) is 11.8 Å². The van der Waals surface area contributed by atoms with Gasteiger partial charge >= 0.3 is 0 Å². The van der Waals surface area contributed by atoms with E-state index < -0.39 is 23.4 Å². The predicted molar refractivity (Wildman–Crippen MR) is 104 cm³/mol. The van der Waals surface area contributed by atoms with Gasteiger partial charge in [-0.15, -0.1) is 0 Å². The molecule has 3 aromatic carbocycles. The quantitative estimate of drug-likeness (QED) is 0.523. The number of halogens is 2. The molecule has 1 aliphatic rings. The molecule has 29 heavy (non-hydrogen) atoms. The second-order valence-corrected chi connectivity index (χ2v) is 7.10. The summed E-state index contributed by atoms with van der Waals surface area (Å²) in [5.41, 5.74) is 2.35. The van der Waals surface area contributed by atoms with E-state index in [1.54, 1.807) is 18.2 Å². The average molecular weight is 390 g/mol. The largest absolute Gasteiger partial charge is 0.507 e. The number of phenols is 1. The molecule has 1 aromatic heterocycles. The number of amides is 1. The molecule has 0 saturated heterocycles. The molecular formula is C23H16F2N2O2. The molecule has 2 N–H and O–H groups in total. The van der Waals surface area contributed by atoms with Crippen LogP contribution in [0.1, 0.15) is 33.2 Å². The summed E-state index contributed by atoms with van der Waals surface area (Å²) in [7, 11) is 0. The van der Waals surface area contributed by atoms with E-state index in [1.165, 1.54) is 4.90 Å². The van der Waals surface area contributed by atoms with Crippen molar-refractivity contribution >= 4 is 16.8 Å². The molecule has 0 saturated carbocycles. The Balaban J connectivity index is 1.73. The van der Waals surface area contributed by atoms with Crippen LogP contribution in [0.4, 0.5) is 8.78 Å². The van der Waals surface area contributed by atoms with Crippen molar-refractivity contribution in [3.63, 3.8) is 0 Å². The normalized spacial score (nSPS) is 14.4. The number of H-pyrrole nitrogens is 1. The number of nitrogens with one attached hydrogen (secondary N) is 1. The van der Waals surface area contributed by atoms with E-state index in [9.17, 15) is 18.7 Å². The molecule has 0 aliphatic carbocycles. The van der Waals surface area contributed by atoms with E-state index in [0.29, 0.717) is 11.3 Å². The summed E-state index contributed by atoms with van der Waals surface area (Å²) in [6, 6.07) is 17.4. The van der Waals surface area contributed by atoms with Crippen LogP contribution in [0.15, 0.2) is 66.7 Å². The van der Waals surface area contributed by atoms with Gasteiger partial charge in [-0.3, -0.25) is 4.79 Å². The molecule has 1 amide bonds. The van der Waals surface area contributed by atoms with Crippen LogP contribution < -0.4 is 0 Å². The number of aromatic hydroxyl groups is 1. The number of rotatable bonds is 3. The Hall–Kier alpha value is -3.67. The first kappa shape index (κ1) is 17.4. The predicted octanol–water partition coefficient (Wildman–Crippen LogP) is 4.90. The number of carbonyl (C=O) groups excluding carboxylic acids is 1. The maximum Gasteiger partial charge on any atom is 0.255 e. The van der Waals surface area contributed by atoms with E-state index in [2.05, 4.69) is 4.98 Å². The van der Waals surface area contributed by atoms with Crippen LogP contribution in [0.2, 0.25) is 0 Å². The molecule has 1 atom stereocenters. The molecular weight excluding hydrogens is 374 g/mol. The molecule has 0 fully saturated rings. The van der Waals surface area contributed by atoms with Crippen molar-refractivity contribution < 1.29 is 18.7 Å². The van der Waals surface area contributed by atoms with Gasteiger partial charge in [-0.25, -0.2) is 8.78 Å². The van der Waals surface area contributed by atoms with E-state index in [1.807, 2.05) is 36.4 Å². The Kier molecular flexibility index (Phi) is 3.87. The van der Waals surface area contributed by atoms with Gasteiger partial charge in [-0.2, -0.15) is 0 Å². The number of para-hydroxylation sites is 1. The molecule has 0 spiro atoms. The second-order valence-electron chi connectivity index (χ2n) is 7.10. The van der Waals surface area contributed by atoms with Gasteiger partial charge in [-0.05, 0) is 41.3 Å². The van der Waals surface area contributed by atoms with Crippen molar-refractivity contribution in [3.05, 3.63) is 101 Å². The van der Waals surface area contributed by atoms with Crippen LogP contribution in [-0.4, -0.2) is 20.9 Å². The van der Waals surface area contributed by atoms with Crippen molar-refractivity contribution in [2.45, 2.75) is 12.6 Å². The Bertz CT molecular complexity index is 1230. The number of phenolic OH excluding ortho intramolecular Hbond substituents is 1. The highest BCUT2D eigenvalue weighted by Gasteiger charge is 2.38. The third kappa shape index (κ3) is 2.68. The SMILES string of the molecule is O=C1c2ccccc2CN1[C@@H](c1cc2ccccc2[nH]1)c1c(O)ccc(F)c1F. The fraction of sp³-hybridized carbons (Fsp3) is 0.0870. The third-order valence-corrected chi connectivity index (χ3v) is 5.39. The number of benzene rings is 3. The molecule has 4 nitrogen and oxygen atoms in total. The summed E-state index contributed by atoms with van der Waals surface area (Å²) in [5.74, 6) is -2.95. The molecule has 0 bridgehead atoms. The van der Waals surface area contributed by atoms with Crippen LogP contribution in [-0.2, 0) is 6.54 Å². The summed E-state index contributed by atoms with van der Waals surface area (Å²) >= 11 is 0. The molecule has 4 aromatic rings. The molecule has 6 heteroatoms. The number of aromatic nitrogens is 1. The van der Waals surface area contributed by atoms with E-state index >= 15 is 0 Å². The van der Waals surface area contributed by atoms with Gasteiger partial charge < -0.3 is 15.0 Å². The lowest BCUT2D eigenvalue weighted by molar-refractivity contribution is 0.0724. The van der Waals surface area contributed by atoms with E-state index in [4.69, 9.17) is 0 Å². The monoisotopic (exact) mass is 390 g/mol. The number of nitrogens with zero attached hydrogens (tertiary/aromatic N) is 1. The number of fused-ring (bicyclic) bond motifs is 2. The van der Waals surface area contributed by atoms with Crippen LogP contribution >= 0.6 is 0 Å². The van der Waals surface area contributed by atoms with Crippen molar-refractivity contribution in [3.8, 4) is 5.75 Å². The van der Waals surface area contributed by atoms with Gasteiger partial charge in [0.15, 0.2) is 11.6 Å². The minimum atomic E-state index is -1.17. The first-order valence-electron chi connectivity index (χ1n) is 9.18. The minimum Gasteiger partial charge on any atom is -0.507 e. The fourth-order valence-electron chi connectivity index (χ4n) is 4.02. The van der Waals surface area contributed by atoms with E-state index in [-0.39, 0.29) is 18.0 Å². The lowest BCUT2D eigenvalue weighted by atomic mass is 9.99. The molecule has 144 valence electrons. The summed E-state index contributed by atoms with van der Waals surface area (Å²) < 4.78 is 29.0. The Morgan fingerprint density at radius 1 is 1.00 bits per heavy atom. The first-order chi connectivity index (χ1) is 14.0. The van der Waals surface area contributed by atoms with Crippen LogP contribution in [0, 0.1) is 11.6 Å². The Labute approximate surface area is 165 Å². The highest BCUT2D eigenvalue weighted by molar-refractivity contribution is 5.99. The van der Waals surface area contributed by atoms with Crippen LogP contribution in [0.3, 0.4) is 0 Å². The number of hydrogen-bond donors (Lipinski definition) is 2. The standard InChI is InChI=1S/C23H16F2N2O2/c24-16-9-10-19(28)20(21(16)25)22(18-11-13-5-2-4-8-17(13)26-18)27-12-14-6-1-3-7-15(14)23(27)29/h1-11,22,26,28H,12H2/t22-/m0/s1. The van der Waals surface area contributed by atoms with Crippen molar-refractivity contribution in [2.24, 2.45) is 0 Å². The zero-order valence-corrected chi connectivity index (χ0v) is 15.2. The molecule has 0 unspecified atom stereocenters. The summed E-state index contributed by atoms with van der Waals surface area (Å²) in [4.78, 5) is 17.8. The highest BCUT2D eigenvalue weighted by Crippen LogP contribution is 2.41. The average Bonchev–Trinajstić information content (AvgIpc) is 3.30. The lowest BCUT2D eigenvalue weighted by Gasteiger charge is -2.28. The molecule has 5 rings (SSSR count). The fourth-order valence-corrected chi connectivity index (χ4v) is 4.02. The zero-order chi connectivity index (χ0) is 20.1. The van der Waals surface area contributed by atoms with Crippen LogP contribution in [0.25, 0.3) is 10.9 Å². The van der Waals surface area contributed by atoms with Crippen molar-refractivity contribution in [1.82, 2.24) is 9.88 Å². The summed E-state index contributed by atoms with van der Waals surface area (Å²) in [6.07, 6.45) is 0. The number of carbonyl (C=O) groups is 1. The second kappa shape index (κ2) is 6.44. The summed E-state index contributed by atoms with van der Waals surface area (Å²) in [5, 5.41) is 11.3. The number of aromatic amines is 1. The molecule has 2 heterocycles. The lowest BCUT2D eigenvalue weighted by Crippen LogP contribution is -2.31. The highest BCUT2D eigenvalue weighted by atomic mass is 19.2. The maximum atomic E-state index is 14.9. The van der Waals surface area contributed by atoms with Gasteiger partial charge in [-0.1, -0.05) is 36.4 Å². The first-order valence-corrected chi connectivity index (χ1v) is 9.18. The maximum absolute atomic E-state index is 14.9. The van der Waals surface area contributed by atoms with Gasteiger partial charge in [0.2, 0.25) is 0 Å². The van der Waals surface area contributed by atoms with Gasteiger partial charge in [0.25, 0.3) is 5.91 Å². The smallest absolute Gasteiger partial charge is 0.255 e.